The van der Waals surface area contributed by atoms with E-state index >= 15 is 0 Å². The molecule has 1 rings (SSSR count). The second-order valence-electron chi connectivity index (χ2n) is 3.86. The molecule has 2 amide bonds. The topological polar surface area (TPSA) is 59.6 Å². The summed E-state index contributed by atoms with van der Waals surface area (Å²) in [6.07, 6.45) is 0.799. The molecule has 1 aromatic carbocycles. The van der Waals surface area contributed by atoms with Crippen LogP contribution in [0.1, 0.15) is 12.0 Å². The Morgan fingerprint density at radius 3 is 2.83 bits per heavy atom. The number of hydrogen-bond acceptors (Lipinski definition) is 3. The van der Waals surface area contributed by atoms with E-state index in [9.17, 15) is 4.79 Å². The lowest BCUT2D eigenvalue weighted by Crippen LogP contribution is -2.30. The van der Waals surface area contributed by atoms with E-state index in [0.717, 1.165) is 17.7 Å². The van der Waals surface area contributed by atoms with E-state index in [-0.39, 0.29) is 6.03 Å². The van der Waals surface area contributed by atoms with Gasteiger partial charge in [0.2, 0.25) is 0 Å². The quantitative estimate of drug-likeness (QED) is 0.730. The molecule has 0 saturated heterocycles. The van der Waals surface area contributed by atoms with Crippen LogP contribution in [-0.2, 0) is 16.1 Å². The lowest BCUT2D eigenvalue weighted by atomic mass is 10.2. The van der Waals surface area contributed by atoms with Gasteiger partial charge in [-0.3, -0.25) is 0 Å². The zero-order valence-corrected chi connectivity index (χ0v) is 10.9. The summed E-state index contributed by atoms with van der Waals surface area (Å²) >= 11 is 0. The van der Waals surface area contributed by atoms with Crippen molar-refractivity contribution in [3.63, 3.8) is 0 Å². The third-order valence-corrected chi connectivity index (χ3v) is 2.31. The summed E-state index contributed by atoms with van der Waals surface area (Å²) in [5, 5.41) is 5.53. The molecule has 100 valence electrons. The van der Waals surface area contributed by atoms with Gasteiger partial charge in [0.1, 0.15) is 0 Å². The highest BCUT2D eigenvalue weighted by molar-refractivity contribution is 5.89. The molecule has 1 aromatic rings. The highest BCUT2D eigenvalue weighted by atomic mass is 16.5. The van der Waals surface area contributed by atoms with Crippen LogP contribution in [0.3, 0.4) is 0 Å². The molecule has 0 unspecified atom stereocenters. The van der Waals surface area contributed by atoms with E-state index in [2.05, 4.69) is 10.6 Å². The molecule has 0 saturated carbocycles. The molecule has 5 heteroatoms. The van der Waals surface area contributed by atoms with Gasteiger partial charge in [-0.25, -0.2) is 4.79 Å². The van der Waals surface area contributed by atoms with Crippen molar-refractivity contribution in [2.75, 3.05) is 32.7 Å². The number of methoxy groups -OCH3 is 2. The van der Waals surface area contributed by atoms with E-state index in [4.69, 9.17) is 9.47 Å². The maximum absolute atomic E-state index is 11.6. The van der Waals surface area contributed by atoms with Crippen LogP contribution in [-0.4, -0.2) is 33.4 Å². The van der Waals surface area contributed by atoms with Crippen LogP contribution in [0.15, 0.2) is 24.3 Å². The smallest absolute Gasteiger partial charge is 0.319 e. The fourth-order valence-corrected chi connectivity index (χ4v) is 1.50. The number of nitrogens with one attached hydrogen (secondary N) is 2. The molecule has 5 nitrogen and oxygen atoms in total. The number of carbonyl (C=O) groups excluding carboxylic acids is 1. The summed E-state index contributed by atoms with van der Waals surface area (Å²) in [4.78, 5) is 11.6. The minimum Gasteiger partial charge on any atom is -0.385 e. The number of carbonyl (C=O) groups is 1. The summed E-state index contributed by atoms with van der Waals surface area (Å²) in [6.45, 7) is 1.77. The Morgan fingerprint density at radius 1 is 1.28 bits per heavy atom. The molecule has 0 radical (unpaired) electrons. The molecular weight excluding hydrogens is 232 g/mol. The fraction of sp³-hybridized carbons (Fsp3) is 0.462. The predicted molar refractivity (Wildman–Crippen MR) is 70.7 cm³/mol. The van der Waals surface area contributed by atoms with E-state index in [1.807, 2.05) is 24.3 Å². The maximum atomic E-state index is 11.6. The third kappa shape index (κ3) is 5.65. The van der Waals surface area contributed by atoms with Gasteiger partial charge in [0.05, 0.1) is 6.61 Å². The summed E-state index contributed by atoms with van der Waals surface area (Å²) in [7, 11) is 3.28. The van der Waals surface area contributed by atoms with Crippen molar-refractivity contribution >= 4 is 11.7 Å². The van der Waals surface area contributed by atoms with Gasteiger partial charge in [0.25, 0.3) is 0 Å². The molecule has 0 atom stereocenters. The van der Waals surface area contributed by atoms with E-state index in [0.29, 0.717) is 19.8 Å². The Morgan fingerprint density at radius 2 is 2.11 bits per heavy atom. The molecule has 0 fully saturated rings. The van der Waals surface area contributed by atoms with E-state index in [1.54, 1.807) is 14.2 Å². The Bertz CT molecular complexity index is 369. The molecule has 0 aliphatic heterocycles. The normalized spacial score (nSPS) is 10.1. The minimum atomic E-state index is -0.208. The lowest BCUT2D eigenvalue weighted by Gasteiger charge is -2.08. The van der Waals surface area contributed by atoms with E-state index < -0.39 is 0 Å². The number of hydrogen-bond donors (Lipinski definition) is 2. The number of urea groups is 1. The first kappa shape index (κ1) is 14.5. The van der Waals surface area contributed by atoms with Gasteiger partial charge >= 0.3 is 6.03 Å². The van der Waals surface area contributed by atoms with Crippen molar-refractivity contribution < 1.29 is 14.3 Å². The molecule has 0 aliphatic carbocycles. The highest BCUT2D eigenvalue weighted by Crippen LogP contribution is 2.11. The summed E-state index contributed by atoms with van der Waals surface area (Å²) in [5.41, 5.74) is 1.78. The van der Waals surface area contributed by atoms with Crippen molar-refractivity contribution in [1.82, 2.24) is 5.32 Å². The van der Waals surface area contributed by atoms with Crippen molar-refractivity contribution in [2.24, 2.45) is 0 Å². The summed E-state index contributed by atoms with van der Waals surface area (Å²) in [6, 6.07) is 7.35. The van der Waals surface area contributed by atoms with Crippen LogP contribution in [0.5, 0.6) is 0 Å². The third-order valence-electron chi connectivity index (χ3n) is 2.31. The molecular formula is C13H20N2O3. The van der Waals surface area contributed by atoms with E-state index in [1.165, 1.54) is 0 Å². The maximum Gasteiger partial charge on any atom is 0.319 e. The molecule has 2 N–H and O–H groups in total. The van der Waals surface area contributed by atoms with Crippen LogP contribution >= 0.6 is 0 Å². The highest BCUT2D eigenvalue weighted by Gasteiger charge is 2.01. The number of amides is 2. The van der Waals surface area contributed by atoms with Gasteiger partial charge in [0.15, 0.2) is 0 Å². The van der Waals surface area contributed by atoms with Crippen molar-refractivity contribution in [1.29, 1.82) is 0 Å². The van der Waals surface area contributed by atoms with Crippen LogP contribution in [0, 0.1) is 0 Å². The molecule has 0 aliphatic rings. The number of anilines is 1. The molecule has 18 heavy (non-hydrogen) atoms. The minimum absolute atomic E-state index is 0.208. The van der Waals surface area contributed by atoms with Crippen LogP contribution in [0.25, 0.3) is 0 Å². The molecule has 0 heterocycles. The first-order chi connectivity index (χ1) is 8.76. The van der Waals surface area contributed by atoms with Gasteiger partial charge in [-0.15, -0.1) is 0 Å². The largest absolute Gasteiger partial charge is 0.385 e. The van der Waals surface area contributed by atoms with Crippen molar-refractivity contribution in [2.45, 2.75) is 13.0 Å². The van der Waals surface area contributed by atoms with Gasteiger partial charge < -0.3 is 20.1 Å². The predicted octanol–water partition coefficient (Wildman–Crippen LogP) is 1.99. The second-order valence-corrected chi connectivity index (χ2v) is 3.86. The number of benzene rings is 1. The SMILES string of the molecule is COCCCNC(=O)Nc1cccc(COC)c1. The molecule has 0 spiro atoms. The zero-order valence-electron chi connectivity index (χ0n) is 10.9. The van der Waals surface area contributed by atoms with Gasteiger partial charge in [-0.1, -0.05) is 12.1 Å². The second kappa shape index (κ2) is 8.49. The van der Waals surface area contributed by atoms with Gasteiger partial charge in [-0.2, -0.15) is 0 Å². The van der Waals surface area contributed by atoms with Gasteiger partial charge in [0, 0.05) is 33.1 Å². The standard InChI is InChI=1S/C13H20N2O3/c1-17-8-4-7-14-13(16)15-12-6-3-5-11(9-12)10-18-2/h3,5-6,9H,4,7-8,10H2,1-2H3,(H2,14,15,16). The molecule has 0 bridgehead atoms. The van der Waals surface area contributed by atoms with Crippen LogP contribution in [0.4, 0.5) is 10.5 Å². The lowest BCUT2D eigenvalue weighted by molar-refractivity contribution is 0.185. The summed E-state index contributed by atoms with van der Waals surface area (Å²) in [5.74, 6) is 0. The van der Waals surface area contributed by atoms with Gasteiger partial charge in [-0.05, 0) is 24.1 Å². The monoisotopic (exact) mass is 252 g/mol. The Kier molecular flexibility index (Phi) is 6.83. The Labute approximate surface area is 107 Å². The van der Waals surface area contributed by atoms with Crippen LogP contribution in [0.2, 0.25) is 0 Å². The van der Waals surface area contributed by atoms with Crippen LogP contribution < -0.4 is 10.6 Å². The Hall–Kier alpha value is -1.59. The zero-order chi connectivity index (χ0) is 13.2. The average Bonchev–Trinajstić information content (AvgIpc) is 2.35. The number of rotatable bonds is 7. The number of ether oxygens (including phenoxy) is 2. The summed E-state index contributed by atoms with van der Waals surface area (Å²) < 4.78 is 9.94. The Balaban J connectivity index is 2.36. The van der Waals surface area contributed by atoms with Crippen molar-refractivity contribution in [3.8, 4) is 0 Å². The average molecular weight is 252 g/mol. The van der Waals surface area contributed by atoms with Crippen molar-refractivity contribution in [3.05, 3.63) is 29.8 Å². The molecule has 0 aromatic heterocycles. The first-order valence-electron chi connectivity index (χ1n) is 5.88. The fourth-order valence-electron chi connectivity index (χ4n) is 1.50. The first-order valence-corrected chi connectivity index (χ1v) is 5.88.